The number of methoxy groups -OCH3 is 1. The zero-order chi connectivity index (χ0) is 11.4. The van der Waals surface area contributed by atoms with E-state index < -0.39 is 12.0 Å². The molecule has 15 heavy (non-hydrogen) atoms. The molecule has 0 aromatic carbocycles. The summed E-state index contributed by atoms with van der Waals surface area (Å²) in [5, 5.41) is 9.64. The third-order valence-corrected chi connectivity index (χ3v) is 2.63. The van der Waals surface area contributed by atoms with E-state index in [4.69, 9.17) is 11.1 Å². The summed E-state index contributed by atoms with van der Waals surface area (Å²) in [6.07, 6.45) is -0.728. The van der Waals surface area contributed by atoms with Crippen LogP contribution in [0.1, 0.15) is 14.5 Å². The lowest BCUT2D eigenvalue weighted by Gasteiger charge is -2.01. The van der Waals surface area contributed by atoms with Gasteiger partial charge in [0.2, 0.25) is 0 Å². The van der Waals surface area contributed by atoms with E-state index in [1.807, 2.05) is 0 Å². The van der Waals surface area contributed by atoms with Crippen LogP contribution in [0.15, 0.2) is 12.1 Å². The Balaban J connectivity index is 2.74. The third-order valence-electron chi connectivity index (χ3n) is 1.51. The molecule has 6 nitrogen and oxygen atoms in total. The first kappa shape index (κ1) is 11.2. The second-order valence-electron chi connectivity index (χ2n) is 2.52. The number of carbonyl (C=O) groups is 2. The molecule has 1 rings (SSSR count). The zero-order valence-electron chi connectivity index (χ0n) is 7.87. The maximum atomic E-state index is 10.8. The number of hydrogen-bond acceptors (Lipinski definition) is 5. The number of nitrogens with one attached hydrogen (secondary N) is 2. The number of amides is 2. The van der Waals surface area contributed by atoms with Crippen molar-refractivity contribution in [3.8, 4) is 0 Å². The Hall–Kier alpha value is -1.89. The first-order valence-electron chi connectivity index (χ1n) is 3.88. The van der Waals surface area contributed by atoms with E-state index in [-0.39, 0.29) is 5.84 Å². The molecule has 80 valence electrons. The molecule has 0 fully saturated rings. The molecular weight excluding hydrogens is 218 g/mol. The molecule has 7 heteroatoms. The summed E-state index contributed by atoms with van der Waals surface area (Å²) < 4.78 is 4.32. The van der Waals surface area contributed by atoms with Gasteiger partial charge >= 0.3 is 6.09 Å². The number of nitrogens with two attached hydrogens (primary N) is 1. The molecule has 1 aromatic heterocycles. The fourth-order valence-electron chi connectivity index (χ4n) is 0.819. The minimum Gasteiger partial charge on any atom is -0.453 e. The molecule has 0 atom stereocenters. The first-order chi connectivity index (χ1) is 7.04. The molecule has 2 amide bonds. The summed E-state index contributed by atoms with van der Waals surface area (Å²) in [5.41, 5.74) is 5.04. The van der Waals surface area contributed by atoms with E-state index in [9.17, 15) is 9.59 Å². The second kappa shape index (κ2) is 4.56. The van der Waals surface area contributed by atoms with Gasteiger partial charge in [-0.1, -0.05) is 0 Å². The van der Waals surface area contributed by atoms with Crippen molar-refractivity contribution < 1.29 is 14.3 Å². The Bertz CT molecular complexity index is 413. The molecule has 0 unspecified atom stereocenters. The highest BCUT2D eigenvalue weighted by Crippen LogP contribution is 2.15. The summed E-state index contributed by atoms with van der Waals surface area (Å²) in [6, 6.07) is 3.03. The fraction of sp³-hybridized carbons (Fsp3) is 0.125. The maximum absolute atomic E-state index is 10.8. The number of thiophene rings is 1. The molecule has 0 spiro atoms. The summed E-state index contributed by atoms with van der Waals surface area (Å²) in [6.45, 7) is 0. The molecule has 0 saturated heterocycles. The molecule has 0 bridgehead atoms. The standard InChI is InChI=1S/C8H9N3O3S/c1-14-8(13)11-6(9)4-2-3-5(15-4)7(10)12/h2-3H,1H3,(H2,10,12)(H2,9,11,13). The lowest BCUT2D eigenvalue weighted by Crippen LogP contribution is -2.29. The Morgan fingerprint density at radius 3 is 2.53 bits per heavy atom. The van der Waals surface area contributed by atoms with Crippen molar-refractivity contribution in [2.75, 3.05) is 7.11 Å². The quantitative estimate of drug-likeness (QED) is 0.506. The van der Waals surface area contributed by atoms with Gasteiger partial charge in [-0.15, -0.1) is 11.3 Å². The van der Waals surface area contributed by atoms with Gasteiger partial charge in [-0.25, -0.2) is 4.79 Å². The van der Waals surface area contributed by atoms with E-state index >= 15 is 0 Å². The van der Waals surface area contributed by atoms with Crippen LogP contribution in [0, 0.1) is 5.41 Å². The largest absolute Gasteiger partial charge is 0.453 e. The zero-order valence-corrected chi connectivity index (χ0v) is 8.68. The number of alkyl carbamates (subject to hydrolysis) is 1. The molecular formula is C8H9N3O3S. The Labute approximate surface area is 89.5 Å². The van der Waals surface area contributed by atoms with Gasteiger partial charge in [0.1, 0.15) is 5.84 Å². The highest BCUT2D eigenvalue weighted by molar-refractivity contribution is 7.16. The van der Waals surface area contributed by atoms with Gasteiger partial charge < -0.3 is 10.5 Å². The number of rotatable bonds is 2. The van der Waals surface area contributed by atoms with Crippen molar-refractivity contribution in [1.82, 2.24) is 5.32 Å². The average molecular weight is 227 g/mol. The third kappa shape index (κ3) is 2.78. The predicted molar refractivity (Wildman–Crippen MR) is 55.2 cm³/mol. The van der Waals surface area contributed by atoms with Crippen LogP contribution < -0.4 is 11.1 Å². The molecule has 0 radical (unpaired) electrons. The normalized spacial score (nSPS) is 9.40. The smallest absolute Gasteiger partial charge is 0.412 e. The Morgan fingerprint density at radius 1 is 1.47 bits per heavy atom. The second-order valence-corrected chi connectivity index (χ2v) is 3.60. The summed E-state index contributed by atoms with van der Waals surface area (Å²) >= 11 is 1.03. The molecule has 0 saturated carbocycles. The lowest BCUT2D eigenvalue weighted by atomic mass is 10.4. The summed E-state index contributed by atoms with van der Waals surface area (Å²) in [4.78, 5) is 22.3. The van der Waals surface area contributed by atoms with Crippen LogP contribution >= 0.6 is 11.3 Å². The van der Waals surface area contributed by atoms with Crippen molar-refractivity contribution in [3.63, 3.8) is 0 Å². The highest BCUT2D eigenvalue weighted by Gasteiger charge is 2.11. The van der Waals surface area contributed by atoms with Gasteiger partial charge in [0.05, 0.1) is 16.9 Å². The monoisotopic (exact) mass is 227 g/mol. The van der Waals surface area contributed by atoms with E-state index in [2.05, 4.69) is 10.1 Å². The number of carbonyl (C=O) groups excluding carboxylic acids is 2. The minimum absolute atomic E-state index is 0.126. The Morgan fingerprint density at radius 2 is 2.07 bits per heavy atom. The van der Waals surface area contributed by atoms with E-state index in [0.717, 1.165) is 11.3 Å². The van der Waals surface area contributed by atoms with Crippen molar-refractivity contribution in [2.45, 2.75) is 0 Å². The molecule has 0 aliphatic rings. The van der Waals surface area contributed by atoms with Crippen LogP contribution in [-0.4, -0.2) is 24.9 Å². The van der Waals surface area contributed by atoms with Gasteiger partial charge in [-0.05, 0) is 12.1 Å². The van der Waals surface area contributed by atoms with Crippen LogP contribution in [0.25, 0.3) is 0 Å². The van der Waals surface area contributed by atoms with Gasteiger partial charge in [0.15, 0.2) is 0 Å². The van der Waals surface area contributed by atoms with Gasteiger partial charge in [0, 0.05) is 0 Å². The van der Waals surface area contributed by atoms with Gasteiger partial charge in [-0.2, -0.15) is 0 Å². The number of hydrogen-bond donors (Lipinski definition) is 3. The minimum atomic E-state index is -0.728. The van der Waals surface area contributed by atoms with Crippen molar-refractivity contribution in [3.05, 3.63) is 21.9 Å². The van der Waals surface area contributed by atoms with Crippen molar-refractivity contribution >= 4 is 29.2 Å². The molecule has 0 aliphatic carbocycles. The first-order valence-corrected chi connectivity index (χ1v) is 4.69. The number of ether oxygens (including phenoxy) is 1. The van der Waals surface area contributed by atoms with Crippen molar-refractivity contribution in [2.24, 2.45) is 5.73 Å². The van der Waals surface area contributed by atoms with Crippen LogP contribution in [0.3, 0.4) is 0 Å². The number of primary amides is 1. The highest BCUT2D eigenvalue weighted by atomic mass is 32.1. The topological polar surface area (TPSA) is 105 Å². The summed E-state index contributed by atoms with van der Waals surface area (Å²) in [5.74, 6) is -0.684. The fourth-order valence-corrected chi connectivity index (χ4v) is 1.58. The average Bonchev–Trinajstić information content (AvgIpc) is 2.66. The van der Waals surface area contributed by atoms with Crippen LogP contribution in [0.2, 0.25) is 0 Å². The van der Waals surface area contributed by atoms with E-state index in [0.29, 0.717) is 9.75 Å². The molecule has 0 aliphatic heterocycles. The van der Waals surface area contributed by atoms with E-state index in [1.54, 1.807) is 0 Å². The Kier molecular flexibility index (Phi) is 3.40. The van der Waals surface area contributed by atoms with Gasteiger partial charge in [0.25, 0.3) is 5.91 Å². The van der Waals surface area contributed by atoms with Gasteiger partial charge in [-0.3, -0.25) is 15.5 Å². The summed E-state index contributed by atoms with van der Waals surface area (Å²) in [7, 11) is 1.20. The number of amidine groups is 1. The molecule has 4 N–H and O–H groups in total. The molecule has 1 aromatic rings. The van der Waals surface area contributed by atoms with E-state index in [1.165, 1.54) is 19.2 Å². The maximum Gasteiger partial charge on any atom is 0.412 e. The predicted octanol–water partition coefficient (Wildman–Crippen LogP) is 0.528. The van der Waals surface area contributed by atoms with Crippen molar-refractivity contribution in [1.29, 1.82) is 5.41 Å². The molecule has 1 heterocycles. The SMILES string of the molecule is COC(=O)NC(=N)c1ccc(C(N)=O)s1. The lowest BCUT2D eigenvalue weighted by molar-refractivity contribution is 0.100. The van der Waals surface area contributed by atoms with Crippen LogP contribution in [-0.2, 0) is 4.74 Å². The van der Waals surface area contributed by atoms with Crippen LogP contribution in [0.5, 0.6) is 0 Å². The van der Waals surface area contributed by atoms with Crippen LogP contribution in [0.4, 0.5) is 4.79 Å².